The summed E-state index contributed by atoms with van der Waals surface area (Å²) in [4.78, 5) is 38.2. The molecule has 8 nitrogen and oxygen atoms in total. The van der Waals surface area contributed by atoms with E-state index in [0.717, 1.165) is 29.7 Å². The van der Waals surface area contributed by atoms with Gasteiger partial charge in [0.25, 0.3) is 11.6 Å². The van der Waals surface area contributed by atoms with Gasteiger partial charge in [0.1, 0.15) is 5.75 Å². The Bertz CT molecular complexity index is 1100. The molecule has 1 heterocycles. The highest BCUT2D eigenvalue weighted by Crippen LogP contribution is 2.38. The number of aryl methyl sites for hydroxylation is 1. The Kier molecular flexibility index (Phi) is 6.19. The molecule has 1 N–H and O–H groups in total. The van der Waals surface area contributed by atoms with E-state index in [9.17, 15) is 19.7 Å². The van der Waals surface area contributed by atoms with Gasteiger partial charge in [-0.1, -0.05) is 22.0 Å². The Balaban J connectivity index is 1.38. The third kappa shape index (κ3) is 4.21. The standard InChI is InChI=1S/C23H24BrN3O5/c1-13-3-6-15(9-21(13)32-2)25-22(28)14-4-7-16(8-5-14)26-12-19-18(23(26)29)10-17(27(30)31)11-20(19)24/h3,6,9-11,14,16H,4-5,7-8,12H2,1-2H3,(H,25,28). The summed E-state index contributed by atoms with van der Waals surface area (Å²) >= 11 is 3.38. The number of carbonyl (C=O) groups is 2. The molecule has 0 saturated heterocycles. The number of benzene rings is 2. The van der Waals surface area contributed by atoms with E-state index in [0.29, 0.717) is 35.1 Å². The Morgan fingerprint density at radius 3 is 2.59 bits per heavy atom. The summed E-state index contributed by atoms with van der Waals surface area (Å²) in [5.41, 5.74) is 2.78. The molecule has 2 aliphatic rings. The van der Waals surface area contributed by atoms with Crippen molar-refractivity contribution in [2.24, 2.45) is 5.92 Å². The van der Waals surface area contributed by atoms with E-state index in [4.69, 9.17) is 4.74 Å². The fourth-order valence-corrected chi connectivity index (χ4v) is 5.14. The summed E-state index contributed by atoms with van der Waals surface area (Å²) in [5, 5.41) is 14.1. The van der Waals surface area contributed by atoms with Crippen molar-refractivity contribution in [1.29, 1.82) is 0 Å². The van der Waals surface area contributed by atoms with Crippen LogP contribution in [0.3, 0.4) is 0 Å². The van der Waals surface area contributed by atoms with E-state index < -0.39 is 4.92 Å². The van der Waals surface area contributed by atoms with Crippen molar-refractivity contribution >= 4 is 39.1 Å². The largest absolute Gasteiger partial charge is 0.496 e. The van der Waals surface area contributed by atoms with Gasteiger partial charge in [0.15, 0.2) is 0 Å². The lowest BCUT2D eigenvalue weighted by Crippen LogP contribution is -2.40. The lowest BCUT2D eigenvalue weighted by molar-refractivity contribution is -0.385. The van der Waals surface area contributed by atoms with Crippen LogP contribution in [0.4, 0.5) is 11.4 Å². The highest BCUT2D eigenvalue weighted by atomic mass is 79.9. The Morgan fingerprint density at radius 1 is 1.22 bits per heavy atom. The maximum atomic E-state index is 13.0. The smallest absolute Gasteiger partial charge is 0.271 e. The number of fused-ring (bicyclic) bond motifs is 1. The van der Waals surface area contributed by atoms with Crippen molar-refractivity contribution in [2.45, 2.75) is 45.2 Å². The van der Waals surface area contributed by atoms with Gasteiger partial charge in [-0.25, -0.2) is 0 Å². The first-order valence-electron chi connectivity index (χ1n) is 10.5. The molecule has 0 atom stereocenters. The number of nitrogens with zero attached hydrogens (tertiary/aromatic N) is 2. The number of nitro groups is 1. The number of rotatable bonds is 5. The van der Waals surface area contributed by atoms with E-state index in [1.165, 1.54) is 12.1 Å². The van der Waals surface area contributed by atoms with Crippen LogP contribution in [0, 0.1) is 23.0 Å². The molecule has 0 aromatic heterocycles. The highest BCUT2D eigenvalue weighted by molar-refractivity contribution is 9.10. The second-order valence-electron chi connectivity index (χ2n) is 8.32. The number of nitrogens with one attached hydrogen (secondary N) is 1. The van der Waals surface area contributed by atoms with Crippen molar-refractivity contribution in [1.82, 2.24) is 4.90 Å². The molecule has 0 spiro atoms. The number of hydrogen-bond acceptors (Lipinski definition) is 5. The molecule has 0 radical (unpaired) electrons. The van der Waals surface area contributed by atoms with Gasteiger partial charge in [0, 0.05) is 46.9 Å². The first-order chi connectivity index (χ1) is 15.3. The maximum absolute atomic E-state index is 13.0. The van der Waals surface area contributed by atoms with E-state index in [1.54, 1.807) is 12.0 Å². The van der Waals surface area contributed by atoms with Gasteiger partial charge in [0.05, 0.1) is 17.6 Å². The lowest BCUT2D eigenvalue weighted by atomic mass is 9.84. The predicted molar refractivity (Wildman–Crippen MR) is 123 cm³/mol. The summed E-state index contributed by atoms with van der Waals surface area (Å²) in [6, 6.07) is 8.40. The molecule has 2 amide bonds. The monoisotopic (exact) mass is 501 g/mol. The van der Waals surface area contributed by atoms with Gasteiger partial charge >= 0.3 is 0 Å². The Hall–Kier alpha value is -2.94. The molecule has 1 fully saturated rings. The van der Waals surface area contributed by atoms with Crippen molar-refractivity contribution < 1.29 is 19.2 Å². The van der Waals surface area contributed by atoms with Crippen molar-refractivity contribution in [3.63, 3.8) is 0 Å². The van der Waals surface area contributed by atoms with Crippen molar-refractivity contribution in [2.75, 3.05) is 12.4 Å². The van der Waals surface area contributed by atoms with Gasteiger partial charge in [-0.2, -0.15) is 0 Å². The number of methoxy groups -OCH3 is 1. The topological polar surface area (TPSA) is 102 Å². The molecule has 0 bridgehead atoms. The number of nitro benzene ring substituents is 1. The maximum Gasteiger partial charge on any atom is 0.271 e. The molecular weight excluding hydrogens is 478 g/mol. The van der Waals surface area contributed by atoms with E-state index in [-0.39, 0.29) is 29.5 Å². The quantitative estimate of drug-likeness (QED) is 0.466. The third-order valence-corrected chi connectivity index (χ3v) is 7.10. The number of carbonyl (C=O) groups excluding carboxylic acids is 2. The minimum absolute atomic E-state index is 0.0179. The minimum Gasteiger partial charge on any atom is -0.496 e. The molecule has 1 saturated carbocycles. The minimum atomic E-state index is -0.492. The van der Waals surface area contributed by atoms with Gasteiger partial charge in [0.2, 0.25) is 5.91 Å². The molecule has 2 aromatic carbocycles. The van der Waals surface area contributed by atoms with Crippen molar-refractivity contribution in [3.8, 4) is 5.75 Å². The van der Waals surface area contributed by atoms with E-state index in [1.807, 2.05) is 25.1 Å². The van der Waals surface area contributed by atoms with Crippen LogP contribution >= 0.6 is 15.9 Å². The summed E-state index contributed by atoms with van der Waals surface area (Å²) in [6.45, 7) is 2.37. The normalized spacial score (nSPS) is 20.1. The van der Waals surface area contributed by atoms with Crippen LogP contribution in [0.25, 0.3) is 0 Å². The average Bonchev–Trinajstić information content (AvgIpc) is 3.12. The van der Waals surface area contributed by atoms with Crippen LogP contribution in [-0.4, -0.2) is 34.8 Å². The molecule has 1 aliphatic heterocycles. The number of ether oxygens (including phenoxy) is 1. The zero-order chi connectivity index (χ0) is 23.0. The van der Waals surface area contributed by atoms with E-state index >= 15 is 0 Å². The molecule has 0 unspecified atom stereocenters. The molecule has 2 aromatic rings. The fraction of sp³-hybridized carbons (Fsp3) is 0.391. The summed E-state index contributed by atoms with van der Waals surface area (Å²) in [5.74, 6) is 0.407. The number of non-ortho nitro benzene ring substituents is 1. The third-order valence-electron chi connectivity index (χ3n) is 6.39. The van der Waals surface area contributed by atoms with Crippen molar-refractivity contribution in [3.05, 3.63) is 61.6 Å². The van der Waals surface area contributed by atoms with E-state index in [2.05, 4.69) is 21.2 Å². The Labute approximate surface area is 194 Å². The van der Waals surface area contributed by atoms with Crippen LogP contribution in [-0.2, 0) is 11.3 Å². The number of amides is 2. The average molecular weight is 502 g/mol. The number of anilines is 1. The first kappa shape index (κ1) is 22.3. The summed E-state index contributed by atoms with van der Waals surface area (Å²) in [6.07, 6.45) is 2.80. The molecule has 1 aliphatic carbocycles. The Morgan fingerprint density at radius 2 is 1.94 bits per heavy atom. The molecule has 9 heteroatoms. The zero-order valence-corrected chi connectivity index (χ0v) is 19.5. The predicted octanol–water partition coefficient (Wildman–Crippen LogP) is 4.83. The number of halogens is 1. The second-order valence-corrected chi connectivity index (χ2v) is 9.18. The first-order valence-corrected chi connectivity index (χ1v) is 11.3. The SMILES string of the molecule is COc1cc(NC(=O)C2CCC(N3Cc4c(Br)cc([N+](=O)[O-])cc4C3=O)CC2)ccc1C. The molecule has 4 rings (SSSR count). The molecule has 32 heavy (non-hydrogen) atoms. The fourth-order valence-electron chi connectivity index (χ4n) is 4.56. The highest BCUT2D eigenvalue weighted by Gasteiger charge is 2.38. The summed E-state index contributed by atoms with van der Waals surface area (Å²) < 4.78 is 5.90. The van der Waals surface area contributed by atoms with Gasteiger partial charge in [-0.15, -0.1) is 0 Å². The van der Waals surface area contributed by atoms with Crippen LogP contribution < -0.4 is 10.1 Å². The lowest BCUT2D eigenvalue weighted by Gasteiger charge is -2.34. The van der Waals surface area contributed by atoms with Gasteiger partial charge < -0.3 is 15.0 Å². The van der Waals surface area contributed by atoms with Gasteiger partial charge in [-0.05, 0) is 49.8 Å². The molecular formula is C23H24BrN3O5. The van der Waals surface area contributed by atoms with Crippen LogP contribution in [0.1, 0.15) is 47.2 Å². The second kappa shape index (κ2) is 8.90. The zero-order valence-electron chi connectivity index (χ0n) is 17.9. The van der Waals surface area contributed by atoms with Crippen LogP contribution in [0.2, 0.25) is 0 Å². The summed E-state index contributed by atoms with van der Waals surface area (Å²) in [7, 11) is 1.60. The van der Waals surface area contributed by atoms with Crippen LogP contribution in [0.15, 0.2) is 34.8 Å². The van der Waals surface area contributed by atoms with Crippen LogP contribution in [0.5, 0.6) is 5.75 Å². The number of hydrogen-bond donors (Lipinski definition) is 1. The van der Waals surface area contributed by atoms with Gasteiger partial charge in [-0.3, -0.25) is 19.7 Å². The molecule has 168 valence electrons.